The van der Waals surface area contributed by atoms with Crippen molar-refractivity contribution in [3.8, 4) is 0 Å². The van der Waals surface area contributed by atoms with E-state index in [4.69, 9.17) is 11.6 Å². The van der Waals surface area contributed by atoms with Gasteiger partial charge in [-0.05, 0) is 80.8 Å². The van der Waals surface area contributed by atoms with Crippen molar-refractivity contribution < 1.29 is 14.4 Å². The van der Waals surface area contributed by atoms with E-state index in [0.29, 0.717) is 22.6 Å². The van der Waals surface area contributed by atoms with E-state index in [1.807, 2.05) is 58.0 Å². The number of nitrogens with zero attached hydrogens (tertiary/aromatic N) is 1. The van der Waals surface area contributed by atoms with Gasteiger partial charge >= 0.3 is 0 Å². The lowest BCUT2D eigenvalue weighted by molar-refractivity contribution is -0.120. The fourth-order valence-corrected chi connectivity index (χ4v) is 4.00. The van der Waals surface area contributed by atoms with Crippen LogP contribution in [-0.4, -0.2) is 17.7 Å². The van der Waals surface area contributed by atoms with Gasteiger partial charge in [0.15, 0.2) is 0 Å². The van der Waals surface area contributed by atoms with Crippen LogP contribution in [0.4, 0.5) is 17.1 Å². The molecule has 34 heavy (non-hydrogen) atoms. The first-order valence-corrected chi connectivity index (χ1v) is 11.1. The Morgan fingerprint density at radius 2 is 1.56 bits per heavy atom. The van der Waals surface area contributed by atoms with Crippen LogP contribution in [0.15, 0.2) is 71.4 Å². The highest BCUT2D eigenvalue weighted by Gasteiger charge is 2.39. The maximum Gasteiger partial charge on any atom is 0.283 e. The van der Waals surface area contributed by atoms with Crippen molar-refractivity contribution >= 4 is 46.4 Å². The molecule has 4 rings (SSSR count). The third kappa shape index (κ3) is 4.45. The molecule has 0 saturated heterocycles. The van der Waals surface area contributed by atoms with Gasteiger partial charge in [-0.15, -0.1) is 0 Å². The zero-order chi connectivity index (χ0) is 24.6. The Bertz CT molecular complexity index is 1380. The molecule has 0 spiro atoms. The number of imide groups is 1. The third-order valence-electron chi connectivity index (χ3n) is 5.78. The second kappa shape index (κ2) is 9.15. The minimum atomic E-state index is -0.593. The standard InChI is InChI=1S/C27H24ClN3O3/c1-15-8-11-22(18(4)12-15)31-26(33)23(28)24(27(31)34)29-20-7-5-6-19(14-20)25(32)30-21-10-9-16(2)17(3)13-21/h5-14,29H,1-4H3,(H,30,32). The van der Waals surface area contributed by atoms with Crippen LogP contribution < -0.4 is 15.5 Å². The van der Waals surface area contributed by atoms with Gasteiger partial charge in [-0.1, -0.05) is 41.4 Å². The number of carbonyl (C=O) groups is 3. The monoisotopic (exact) mass is 473 g/mol. The SMILES string of the molecule is Cc1ccc(N2C(=O)C(Cl)=C(Nc3cccc(C(=O)Nc4ccc(C)c(C)c4)c3)C2=O)c(C)c1. The molecule has 3 aromatic rings. The number of halogens is 1. The van der Waals surface area contributed by atoms with E-state index in [1.54, 1.807) is 30.3 Å². The molecule has 0 saturated carbocycles. The highest BCUT2D eigenvalue weighted by molar-refractivity contribution is 6.53. The molecule has 172 valence electrons. The maximum absolute atomic E-state index is 13.1. The molecule has 0 bridgehead atoms. The Kier molecular flexibility index (Phi) is 6.26. The fraction of sp³-hybridized carbons (Fsp3) is 0.148. The molecule has 6 nitrogen and oxygen atoms in total. The number of anilines is 3. The lowest BCUT2D eigenvalue weighted by atomic mass is 10.1. The molecular formula is C27H24ClN3O3. The Hall–Kier alpha value is -3.90. The quantitative estimate of drug-likeness (QED) is 0.472. The highest BCUT2D eigenvalue weighted by atomic mass is 35.5. The molecule has 3 aromatic carbocycles. The van der Waals surface area contributed by atoms with Crippen molar-refractivity contribution in [3.05, 3.63) is 99.2 Å². The minimum absolute atomic E-state index is 0.0293. The molecule has 0 fully saturated rings. The maximum atomic E-state index is 13.1. The molecule has 1 aliphatic rings. The number of benzene rings is 3. The minimum Gasteiger partial charge on any atom is -0.350 e. The summed E-state index contributed by atoms with van der Waals surface area (Å²) in [5.74, 6) is -1.44. The lowest BCUT2D eigenvalue weighted by Gasteiger charge is -2.18. The van der Waals surface area contributed by atoms with Gasteiger partial charge in [0, 0.05) is 16.9 Å². The summed E-state index contributed by atoms with van der Waals surface area (Å²) in [5.41, 5.74) is 6.03. The smallest absolute Gasteiger partial charge is 0.283 e. The van der Waals surface area contributed by atoms with Crippen molar-refractivity contribution in [1.82, 2.24) is 0 Å². The fourth-order valence-electron chi connectivity index (χ4n) is 3.79. The second-order valence-corrected chi connectivity index (χ2v) is 8.76. The highest BCUT2D eigenvalue weighted by Crippen LogP contribution is 2.32. The zero-order valence-corrected chi connectivity index (χ0v) is 20.1. The Balaban J connectivity index is 1.55. The van der Waals surface area contributed by atoms with E-state index < -0.39 is 11.8 Å². The molecule has 1 heterocycles. The molecular weight excluding hydrogens is 450 g/mol. The molecule has 0 radical (unpaired) electrons. The summed E-state index contributed by atoms with van der Waals surface area (Å²) in [6, 6.07) is 17.8. The molecule has 7 heteroatoms. The lowest BCUT2D eigenvalue weighted by Crippen LogP contribution is -2.32. The van der Waals surface area contributed by atoms with Crippen LogP contribution in [0.1, 0.15) is 32.6 Å². The van der Waals surface area contributed by atoms with Crippen molar-refractivity contribution in [1.29, 1.82) is 0 Å². The Morgan fingerprint density at radius 1 is 0.794 bits per heavy atom. The molecule has 2 N–H and O–H groups in total. The van der Waals surface area contributed by atoms with Crippen LogP contribution in [0.2, 0.25) is 0 Å². The molecule has 0 unspecified atom stereocenters. The van der Waals surface area contributed by atoms with Crippen molar-refractivity contribution in [3.63, 3.8) is 0 Å². The zero-order valence-electron chi connectivity index (χ0n) is 19.3. The van der Waals surface area contributed by atoms with E-state index in [0.717, 1.165) is 27.2 Å². The van der Waals surface area contributed by atoms with Crippen molar-refractivity contribution in [2.24, 2.45) is 0 Å². The number of nitrogens with one attached hydrogen (secondary N) is 2. The van der Waals surface area contributed by atoms with Crippen molar-refractivity contribution in [2.45, 2.75) is 27.7 Å². The van der Waals surface area contributed by atoms with Gasteiger partial charge < -0.3 is 10.6 Å². The van der Waals surface area contributed by atoms with E-state index in [2.05, 4.69) is 10.6 Å². The summed E-state index contributed by atoms with van der Waals surface area (Å²) in [6.45, 7) is 7.76. The first-order valence-electron chi connectivity index (χ1n) is 10.8. The normalized spacial score (nSPS) is 13.5. The van der Waals surface area contributed by atoms with Gasteiger partial charge in [0.05, 0.1) is 5.69 Å². The van der Waals surface area contributed by atoms with Gasteiger partial charge in [0.1, 0.15) is 10.7 Å². The second-order valence-electron chi connectivity index (χ2n) is 8.38. The van der Waals surface area contributed by atoms with Crippen LogP contribution in [0.5, 0.6) is 0 Å². The van der Waals surface area contributed by atoms with Gasteiger partial charge in [0.2, 0.25) is 0 Å². The number of aryl methyl sites for hydroxylation is 4. The van der Waals surface area contributed by atoms with Crippen LogP contribution >= 0.6 is 11.6 Å². The molecule has 0 atom stereocenters. The predicted molar refractivity (Wildman–Crippen MR) is 135 cm³/mol. The van der Waals surface area contributed by atoms with Gasteiger partial charge in [-0.3, -0.25) is 14.4 Å². The van der Waals surface area contributed by atoms with Crippen LogP contribution in [-0.2, 0) is 9.59 Å². The Morgan fingerprint density at radius 3 is 2.26 bits per heavy atom. The average Bonchev–Trinajstić information content (AvgIpc) is 3.00. The molecule has 3 amide bonds. The summed E-state index contributed by atoms with van der Waals surface area (Å²) in [4.78, 5) is 39.7. The predicted octanol–water partition coefficient (Wildman–Crippen LogP) is 5.61. The number of rotatable bonds is 5. The molecule has 1 aliphatic heterocycles. The van der Waals surface area contributed by atoms with Crippen LogP contribution in [0.3, 0.4) is 0 Å². The number of hydrogen-bond donors (Lipinski definition) is 2. The summed E-state index contributed by atoms with van der Waals surface area (Å²) >= 11 is 6.26. The summed E-state index contributed by atoms with van der Waals surface area (Å²) in [5, 5.41) is 5.61. The van der Waals surface area contributed by atoms with Crippen LogP contribution in [0.25, 0.3) is 0 Å². The topological polar surface area (TPSA) is 78.5 Å². The van der Waals surface area contributed by atoms with Gasteiger partial charge in [-0.2, -0.15) is 0 Å². The number of carbonyl (C=O) groups excluding carboxylic acids is 3. The van der Waals surface area contributed by atoms with E-state index in [-0.39, 0.29) is 16.6 Å². The van der Waals surface area contributed by atoms with E-state index in [9.17, 15) is 14.4 Å². The van der Waals surface area contributed by atoms with Gasteiger partial charge in [-0.25, -0.2) is 4.90 Å². The third-order valence-corrected chi connectivity index (χ3v) is 6.13. The molecule has 0 aromatic heterocycles. The van der Waals surface area contributed by atoms with Gasteiger partial charge in [0.25, 0.3) is 17.7 Å². The number of amides is 3. The largest absolute Gasteiger partial charge is 0.350 e. The first kappa shape index (κ1) is 23.3. The van der Waals surface area contributed by atoms with E-state index >= 15 is 0 Å². The first-order chi connectivity index (χ1) is 16.2. The summed E-state index contributed by atoms with van der Waals surface area (Å²) in [6.07, 6.45) is 0. The average molecular weight is 474 g/mol. The van der Waals surface area contributed by atoms with Crippen LogP contribution in [0, 0.1) is 27.7 Å². The summed E-state index contributed by atoms with van der Waals surface area (Å²) in [7, 11) is 0. The molecule has 0 aliphatic carbocycles. The number of hydrogen-bond acceptors (Lipinski definition) is 4. The Labute approximate surface area is 203 Å². The summed E-state index contributed by atoms with van der Waals surface area (Å²) < 4.78 is 0. The van der Waals surface area contributed by atoms with Crippen molar-refractivity contribution in [2.75, 3.05) is 15.5 Å². The van der Waals surface area contributed by atoms with E-state index in [1.165, 1.54) is 0 Å².